The number of halogens is 3. The molecule has 3 atom stereocenters. The molecule has 0 saturated carbocycles. The van der Waals surface area contributed by atoms with E-state index in [2.05, 4.69) is 0 Å². The fourth-order valence-corrected chi connectivity index (χ4v) is 3.99. The molecule has 2 fully saturated rings. The van der Waals surface area contributed by atoms with E-state index in [4.69, 9.17) is 10.8 Å². The number of likely N-dealkylation sites (tertiary alicyclic amines) is 2. The number of carbonyl (C=O) groups excluding carboxylic acids is 2. The van der Waals surface area contributed by atoms with E-state index in [1.54, 1.807) is 9.80 Å². The average molecular weight is 446 g/mol. The van der Waals surface area contributed by atoms with Crippen molar-refractivity contribution in [1.29, 1.82) is 0 Å². The van der Waals surface area contributed by atoms with E-state index >= 15 is 0 Å². The Kier molecular flexibility index (Phi) is 11.0. The molecule has 3 N–H and O–H groups in total. The van der Waals surface area contributed by atoms with Crippen LogP contribution in [-0.2, 0) is 16.0 Å². The van der Waals surface area contributed by atoms with E-state index < -0.39 is 30.1 Å². The highest BCUT2D eigenvalue weighted by atomic mass is 19.2. The smallest absolute Gasteiger partial charge is 0.248 e. The van der Waals surface area contributed by atoms with Gasteiger partial charge in [-0.3, -0.25) is 9.59 Å². The van der Waals surface area contributed by atoms with Crippen LogP contribution in [0.5, 0.6) is 0 Å². The Hall–Kier alpha value is -2.13. The van der Waals surface area contributed by atoms with Crippen LogP contribution >= 0.6 is 0 Å². The second-order valence-corrected chi connectivity index (χ2v) is 7.19. The SMILES string of the molecule is CC.CC.NC(CC(=O)N1CCC2CN(C(=O)CO)CC21)Cc1cc(F)c(F)cc1F. The zero-order valence-corrected chi connectivity index (χ0v) is 18.7. The summed E-state index contributed by atoms with van der Waals surface area (Å²) >= 11 is 0. The molecule has 0 aromatic heterocycles. The molecule has 6 nitrogen and oxygen atoms in total. The third kappa shape index (κ3) is 6.67. The van der Waals surface area contributed by atoms with Gasteiger partial charge in [-0.15, -0.1) is 0 Å². The summed E-state index contributed by atoms with van der Waals surface area (Å²) in [5.74, 6) is -3.73. The number of rotatable bonds is 5. The average Bonchev–Trinajstić information content (AvgIpc) is 3.35. The van der Waals surface area contributed by atoms with Crippen molar-refractivity contribution in [2.45, 2.75) is 59.0 Å². The molecule has 31 heavy (non-hydrogen) atoms. The van der Waals surface area contributed by atoms with Crippen LogP contribution in [0.2, 0.25) is 0 Å². The first-order valence-corrected chi connectivity index (χ1v) is 10.9. The van der Waals surface area contributed by atoms with Gasteiger partial charge in [0.1, 0.15) is 12.4 Å². The van der Waals surface area contributed by atoms with E-state index in [9.17, 15) is 22.8 Å². The number of fused-ring (bicyclic) bond motifs is 1. The fraction of sp³-hybridized carbons (Fsp3) is 0.636. The Morgan fingerprint density at radius 1 is 1.06 bits per heavy atom. The van der Waals surface area contributed by atoms with Gasteiger partial charge in [0.2, 0.25) is 11.8 Å². The maximum atomic E-state index is 13.7. The van der Waals surface area contributed by atoms with Gasteiger partial charge in [0, 0.05) is 44.1 Å². The topological polar surface area (TPSA) is 86.9 Å². The lowest BCUT2D eigenvalue weighted by Crippen LogP contribution is -2.43. The molecule has 0 spiro atoms. The number of nitrogens with two attached hydrogens (primary N) is 1. The number of hydrogen-bond acceptors (Lipinski definition) is 4. The molecule has 2 heterocycles. The molecule has 1 aromatic carbocycles. The van der Waals surface area contributed by atoms with Gasteiger partial charge in [0.15, 0.2) is 11.6 Å². The number of amides is 2. The predicted octanol–water partition coefficient (Wildman–Crippen LogP) is 2.47. The van der Waals surface area contributed by atoms with Crippen molar-refractivity contribution in [1.82, 2.24) is 9.80 Å². The molecule has 2 aliphatic rings. The van der Waals surface area contributed by atoms with E-state index in [-0.39, 0.29) is 42.2 Å². The zero-order chi connectivity index (χ0) is 23.7. The monoisotopic (exact) mass is 445 g/mol. The van der Waals surface area contributed by atoms with E-state index in [0.717, 1.165) is 12.5 Å². The molecular formula is C22H34F3N3O3. The maximum absolute atomic E-state index is 13.7. The molecular weight excluding hydrogens is 411 g/mol. The standard InChI is InChI=1S/C18H22F3N3O3.2C2H6/c19-13-6-15(21)14(20)4-11(13)3-12(22)5-17(26)24-2-1-10-7-23(8-16(10)24)18(27)9-25;2*1-2/h4,6,10,12,16,25H,1-3,5,7-9,22H2;2*1-2H3. The summed E-state index contributed by atoms with van der Waals surface area (Å²) < 4.78 is 40.0. The van der Waals surface area contributed by atoms with E-state index in [1.165, 1.54) is 0 Å². The number of aliphatic hydroxyl groups is 1. The van der Waals surface area contributed by atoms with Crippen molar-refractivity contribution in [3.8, 4) is 0 Å². The summed E-state index contributed by atoms with van der Waals surface area (Å²) in [6.07, 6.45) is 0.611. The first kappa shape index (κ1) is 26.9. The summed E-state index contributed by atoms with van der Waals surface area (Å²) in [6, 6.07) is 0.374. The van der Waals surface area contributed by atoms with Crippen LogP contribution in [0, 0.1) is 23.4 Å². The predicted molar refractivity (Wildman–Crippen MR) is 113 cm³/mol. The first-order chi connectivity index (χ1) is 14.8. The Labute approximate surface area is 182 Å². The number of nitrogens with zero attached hydrogens (tertiary/aromatic N) is 2. The van der Waals surface area contributed by atoms with Gasteiger partial charge in [0.05, 0.1) is 6.04 Å². The molecule has 2 amide bonds. The first-order valence-electron chi connectivity index (χ1n) is 10.9. The van der Waals surface area contributed by atoms with Gasteiger partial charge >= 0.3 is 0 Å². The van der Waals surface area contributed by atoms with Crippen molar-refractivity contribution in [3.63, 3.8) is 0 Å². The van der Waals surface area contributed by atoms with Crippen LogP contribution in [0.4, 0.5) is 13.2 Å². The van der Waals surface area contributed by atoms with Gasteiger partial charge in [-0.1, -0.05) is 27.7 Å². The minimum atomic E-state index is -1.27. The molecule has 3 unspecified atom stereocenters. The normalized spacial score (nSPS) is 20.3. The highest BCUT2D eigenvalue weighted by molar-refractivity contribution is 5.79. The Bertz CT molecular complexity index is 748. The molecule has 3 rings (SSSR count). The zero-order valence-electron chi connectivity index (χ0n) is 18.7. The van der Waals surface area contributed by atoms with E-state index in [0.29, 0.717) is 25.7 Å². The van der Waals surface area contributed by atoms with Crippen molar-refractivity contribution in [2.24, 2.45) is 11.7 Å². The molecule has 2 aliphatic heterocycles. The molecule has 0 radical (unpaired) electrons. The third-order valence-electron chi connectivity index (χ3n) is 5.36. The lowest BCUT2D eigenvalue weighted by Gasteiger charge is -2.26. The lowest BCUT2D eigenvalue weighted by molar-refractivity contribution is -0.136. The molecule has 0 bridgehead atoms. The second kappa shape index (κ2) is 12.7. The molecule has 1 aromatic rings. The van der Waals surface area contributed by atoms with Gasteiger partial charge in [0.25, 0.3) is 0 Å². The van der Waals surface area contributed by atoms with Gasteiger partial charge in [-0.2, -0.15) is 0 Å². The second-order valence-electron chi connectivity index (χ2n) is 7.19. The van der Waals surface area contributed by atoms with Gasteiger partial charge in [-0.25, -0.2) is 13.2 Å². The minimum Gasteiger partial charge on any atom is -0.387 e. The number of aliphatic hydroxyl groups excluding tert-OH is 1. The fourth-order valence-electron chi connectivity index (χ4n) is 3.99. The maximum Gasteiger partial charge on any atom is 0.248 e. The molecule has 2 saturated heterocycles. The summed E-state index contributed by atoms with van der Waals surface area (Å²) in [7, 11) is 0. The largest absolute Gasteiger partial charge is 0.387 e. The third-order valence-corrected chi connectivity index (χ3v) is 5.36. The quantitative estimate of drug-likeness (QED) is 0.682. The van der Waals surface area contributed by atoms with Crippen molar-refractivity contribution >= 4 is 11.8 Å². The molecule has 0 aliphatic carbocycles. The Balaban J connectivity index is 0.00000113. The van der Waals surface area contributed by atoms with Crippen LogP contribution in [-0.4, -0.2) is 65.0 Å². The van der Waals surface area contributed by atoms with Crippen molar-refractivity contribution in [2.75, 3.05) is 26.2 Å². The van der Waals surface area contributed by atoms with Crippen molar-refractivity contribution < 1.29 is 27.9 Å². The Morgan fingerprint density at radius 3 is 2.29 bits per heavy atom. The Morgan fingerprint density at radius 2 is 1.68 bits per heavy atom. The number of benzene rings is 1. The van der Waals surface area contributed by atoms with Crippen molar-refractivity contribution in [3.05, 3.63) is 35.1 Å². The van der Waals surface area contributed by atoms with Gasteiger partial charge in [-0.05, 0) is 24.5 Å². The molecule has 176 valence electrons. The summed E-state index contributed by atoms with van der Waals surface area (Å²) in [6.45, 7) is 8.89. The molecule has 9 heteroatoms. The minimum absolute atomic E-state index is 0.0599. The van der Waals surface area contributed by atoms with Crippen LogP contribution in [0.25, 0.3) is 0 Å². The lowest BCUT2D eigenvalue weighted by atomic mass is 10.0. The van der Waals surface area contributed by atoms with Gasteiger partial charge < -0.3 is 20.6 Å². The van der Waals surface area contributed by atoms with Crippen LogP contribution in [0.1, 0.15) is 46.1 Å². The number of hydrogen-bond donors (Lipinski definition) is 2. The summed E-state index contributed by atoms with van der Waals surface area (Å²) in [4.78, 5) is 27.5. The highest BCUT2D eigenvalue weighted by Crippen LogP contribution is 2.32. The van der Waals surface area contributed by atoms with Crippen LogP contribution in [0.3, 0.4) is 0 Å². The van der Waals surface area contributed by atoms with E-state index in [1.807, 2.05) is 27.7 Å². The van der Waals surface area contributed by atoms with Crippen LogP contribution < -0.4 is 5.73 Å². The number of carbonyl (C=O) groups is 2. The summed E-state index contributed by atoms with van der Waals surface area (Å²) in [5, 5.41) is 8.98. The highest BCUT2D eigenvalue weighted by Gasteiger charge is 2.44. The summed E-state index contributed by atoms with van der Waals surface area (Å²) in [5.41, 5.74) is 5.86. The van der Waals surface area contributed by atoms with Crippen LogP contribution in [0.15, 0.2) is 12.1 Å².